The summed E-state index contributed by atoms with van der Waals surface area (Å²) in [6.07, 6.45) is 2.11. The topological polar surface area (TPSA) is 40.7 Å². The molecule has 2 aromatic carbocycles. The number of para-hydroxylation sites is 2. The minimum atomic E-state index is -0.0102. The summed E-state index contributed by atoms with van der Waals surface area (Å²) in [5, 5.41) is 3.51. The monoisotopic (exact) mass is 279 g/mol. The van der Waals surface area contributed by atoms with E-state index < -0.39 is 0 Å². The summed E-state index contributed by atoms with van der Waals surface area (Å²) in [6.45, 7) is 4.42. The Balaban J connectivity index is 1.67. The van der Waals surface area contributed by atoms with E-state index in [4.69, 9.17) is 0 Å². The first kappa shape index (κ1) is 13.7. The molecule has 0 unspecified atom stereocenters. The fourth-order valence-corrected chi connectivity index (χ4v) is 2.50. The molecule has 0 atom stereocenters. The van der Waals surface area contributed by atoms with Crippen molar-refractivity contribution in [1.82, 2.24) is 9.97 Å². The van der Waals surface area contributed by atoms with Crippen LogP contribution in [0.15, 0.2) is 54.6 Å². The largest absolute Gasteiger partial charge is 0.351 e. The van der Waals surface area contributed by atoms with Crippen molar-refractivity contribution in [2.45, 2.75) is 32.2 Å². The molecule has 0 spiro atoms. The maximum absolute atomic E-state index is 4.59. The molecule has 0 saturated heterocycles. The zero-order valence-corrected chi connectivity index (χ0v) is 12.6. The van der Waals surface area contributed by atoms with Crippen LogP contribution in [0.4, 0.5) is 5.95 Å². The van der Waals surface area contributed by atoms with Crippen LogP contribution in [0.1, 0.15) is 25.8 Å². The third-order valence-corrected chi connectivity index (χ3v) is 3.73. The lowest BCUT2D eigenvalue weighted by Gasteiger charge is -2.26. The van der Waals surface area contributed by atoms with Crippen LogP contribution in [0, 0.1) is 0 Å². The van der Waals surface area contributed by atoms with Gasteiger partial charge in [-0.1, -0.05) is 42.5 Å². The van der Waals surface area contributed by atoms with Gasteiger partial charge in [0.25, 0.3) is 0 Å². The highest BCUT2D eigenvalue weighted by Crippen LogP contribution is 2.21. The Bertz CT molecular complexity index is 680. The van der Waals surface area contributed by atoms with Crippen molar-refractivity contribution in [2.24, 2.45) is 0 Å². The second-order valence-electron chi connectivity index (χ2n) is 6.10. The lowest BCUT2D eigenvalue weighted by Crippen LogP contribution is -2.32. The SMILES string of the molecule is CC(C)(CCc1ccccc1)Nc1nc2ccccc2[nH]1. The standard InChI is InChI=1S/C18H21N3/c1-18(2,13-12-14-8-4-3-5-9-14)21-17-19-15-10-6-7-11-16(15)20-17/h3-11H,12-13H2,1-2H3,(H2,19,20,21). The van der Waals surface area contributed by atoms with Crippen LogP contribution in [0.25, 0.3) is 11.0 Å². The highest BCUT2D eigenvalue weighted by atomic mass is 15.1. The van der Waals surface area contributed by atoms with Crippen LogP contribution in [0.3, 0.4) is 0 Å². The fraction of sp³-hybridized carbons (Fsp3) is 0.278. The van der Waals surface area contributed by atoms with Crippen LogP contribution < -0.4 is 5.32 Å². The van der Waals surface area contributed by atoms with Crippen molar-refractivity contribution >= 4 is 17.0 Å². The molecule has 1 aromatic heterocycles. The second-order valence-corrected chi connectivity index (χ2v) is 6.10. The summed E-state index contributed by atoms with van der Waals surface area (Å²) in [4.78, 5) is 7.91. The van der Waals surface area contributed by atoms with Crippen LogP contribution in [0.2, 0.25) is 0 Å². The lowest BCUT2D eigenvalue weighted by atomic mass is 9.95. The maximum atomic E-state index is 4.59. The Kier molecular flexibility index (Phi) is 3.65. The van der Waals surface area contributed by atoms with Gasteiger partial charge < -0.3 is 10.3 Å². The first-order chi connectivity index (χ1) is 10.1. The van der Waals surface area contributed by atoms with E-state index in [1.807, 2.05) is 24.3 Å². The Morgan fingerprint density at radius 1 is 1.00 bits per heavy atom. The van der Waals surface area contributed by atoms with E-state index in [1.54, 1.807) is 0 Å². The quantitative estimate of drug-likeness (QED) is 0.727. The number of fused-ring (bicyclic) bond motifs is 1. The molecule has 0 fully saturated rings. The van der Waals surface area contributed by atoms with Crippen LogP contribution in [-0.2, 0) is 6.42 Å². The van der Waals surface area contributed by atoms with E-state index >= 15 is 0 Å². The molecule has 108 valence electrons. The number of aryl methyl sites for hydroxylation is 1. The molecule has 3 rings (SSSR count). The highest BCUT2D eigenvalue weighted by Gasteiger charge is 2.18. The average Bonchev–Trinajstić information content (AvgIpc) is 2.87. The number of nitrogens with one attached hydrogen (secondary N) is 2. The number of hydrogen-bond acceptors (Lipinski definition) is 2. The Hall–Kier alpha value is -2.29. The van der Waals surface area contributed by atoms with Gasteiger partial charge in [-0.3, -0.25) is 0 Å². The summed E-state index contributed by atoms with van der Waals surface area (Å²) in [5.74, 6) is 0.842. The van der Waals surface area contributed by atoms with Gasteiger partial charge in [0.15, 0.2) is 0 Å². The molecule has 0 radical (unpaired) electrons. The van der Waals surface area contributed by atoms with E-state index in [0.29, 0.717) is 0 Å². The van der Waals surface area contributed by atoms with Crippen molar-refractivity contribution < 1.29 is 0 Å². The number of benzene rings is 2. The fourth-order valence-electron chi connectivity index (χ4n) is 2.50. The molecule has 1 heterocycles. The predicted octanol–water partition coefficient (Wildman–Crippen LogP) is 4.39. The third kappa shape index (κ3) is 3.43. The summed E-state index contributed by atoms with van der Waals surface area (Å²) in [6, 6.07) is 18.7. The maximum Gasteiger partial charge on any atom is 0.201 e. The first-order valence-electron chi connectivity index (χ1n) is 7.39. The Labute approximate surface area is 125 Å². The average molecular weight is 279 g/mol. The molecule has 21 heavy (non-hydrogen) atoms. The van der Waals surface area contributed by atoms with Crippen LogP contribution >= 0.6 is 0 Å². The van der Waals surface area contributed by atoms with Gasteiger partial charge >= 0.3 is 0 Å². The number of imidazole rings is 1. The second kappa shape index (κ2) is 5.60. The normalized spacial score (nSPS) is 11.7. The van der Waals surface area contributed by atoms with Crippen molar-refractivity contribution in [2.75, 3.05) is 5.32 Å². The van der Waals surface area contributed by atoms with E-state index in [0.717, 1.165) is 29.8 Å². The molecular weight excluding hydrogens is 258 g/mol. The summed E-state index contributed by atoms with van der Waals surface area (Å²) in [7, 11) is 0. The number of aromatic amines is 1. The van der Waals surface area contributed by atoms with Crippen molar-refractivity contribution in [3.05, 3.63) is 60.2 Å². The zero-order valence-electron chi connectivity index (χ0n) is 12.6. The Morgan fingerprint density at radius 2 is 1.71 bits per heavy atom. The third-order valence-electron chi connectivity index (χ3n) is 3.73. The minimum absolute atomic E-state index is 0.0102. The van der Waals surface area contributed by atoms with Gasteiger partial charge in [0.2, 0.25) is 5.95 Å². The molecule has 0 amide bonds. The minimum Gasteiger partial charge on any atom is -0.351 e. The molecular formula is C18H21N3. The van der Waals surface area contributed by atoms with Gasteiger partial charge in [-0.25, -0.2) is 4.98 Å². The van der Waals surface area contributed by atoms with Crippen molar-refractivity contribution in [1.29, 1.82) is 0 Å². The van der Waals surface area contributed by atoms with Crippen molar-refractivity contribution in [3.63, 3.8) is 0 Å². The van der Waals surface area contributed by atoms with E-state index in [-0.39, 0.29) is 5.54 Å². The van der Waals surface area contributed by atoms with Gasteiger partial charge in [-0.2, -0.15) is 0 Å². The number of aromatic nitrogens is 2. The van der Waals surface area contributed by atoms with Gasteiger partial charge in [0.1, 0.15) is 0 Å². The summed E-state index contributed by atoms with van der Waals surface area (Å²) >= 11 is 0. The van der Waals surface area contributed by atoms with Gasteiger partial charge in [0, 0.05) is 5.54 Å². The van der Waals surface area contributed by atoms with E-state index in [9.17, 15) is 0 Å². The van der Waals surface area contributed by atoms with E-state index in [1.165, 1.54) is 5.56 Å². The van der Waals surface area contributed by atoms with E-state index in [2.05, 4.69) is 59.5 Å². The smallest absolute Gasteiger partial charge is 0.201 e. The van der Waals surface area contributed by atoms with Crippen LogP contribution in [0.5, 0.6) is 0 Å². The number of anilines is 1. The number of H-pyrrole nitrogens is 1. The van der Waals surface area contributed by atoms with Crippen molar-refractivity contribution in [3.8, 4) is 0 Å². The highest BCUT2D eigenvalue weighted by molar-refractivity contribution is 5.77. The molecule has 0 aliphatic heterocycles. The number of rotatable bonds is 5. The summed E-state index contributed by atoms with van der Waals surface area (Å²) in [5.41, 5.74) is 3.43. The molecule has 0 bridgehead atoms. The first-order valence-corrected chi connectivity index (χ1v) is 7.39. The molecule has 3 aromatic rings. The molecule has 2 N–H and O–H groups in total. The lowest BCUT2D eigenvalue weighted by molar-refractivity contribution is 0.515. The molecule has 0 aliphatic rings. The number of nitrogens with zero attached hydrogens (tertiary/aromatic N) is 1. The van der Waals surface area contributed by atoms with Gasteiger partial charge in [0.05, 0.1) is 11.0 Å². The zero-order chi connectivity index (χ0) is 14.7. The Morgan fingerprint density at radius 3 is 2.48 bits per heavy atom. The van der Waals surface area contributed by atoms with Gasteiger partial charge in [-0.15, -0.1) is 0 Å². The molecule has 3 nitrogen and oxygen atoms in total. The molecule has 0 saturated carbocycles. The van der Waals surface area contributed by atoms with Gasteiger partial charge in [-0.05, 0) is 44.4 Å². The predicted molar refractivity (Wildman–Crippen MR) is 88.6 cm³/mol. The van der Waals surface area contributed by atoms with Crippen LogP contribution in [-0.4, -0.2) is 15.5 Å². The molecule has 3 heteroatoms. The summed E-state index contributed by atoms with van der Waals surface area (Å²) < 4.78 is 0. The number of hydrogen-bond donors (Lipinski definition) is 2. The molecule has 0 aliphatic carbocycles.